The van der Waals surface area contributed by atoms with Gasteiger partial charge in [0.2, 0.25) is 10.0 Å². The zero-order valence-electron chi connectivity index (χ0n) is 12.3. The van der Waals surface area contributed by atoms with Crippen molar-refractivity contribution in [2.45, 2.75) is 44.2 Å². The number of nitrogens with two attached hydrogens (primary N) is 1. The highest BCUT2D eigenvalue weighted by Crippen LogP contribution is 2.27. The highest BCUT2D eigenvalue weighted by atomic mass is 79.9. The van der Waals surface area contributed by atoms with Crippen molar-refractivity contribution < 1.29 is 17.9 Å². The molecule has 1 aromatic rings. The third-order valence-electron chi connectivity index (χ3n) is 2.38. The molecule has 0 saturated carbocycles. The maximum Gasteiger partial charge on any atom is 0.261 e. The summed E-state index contributed by atoms with van der Waals surface area (Å²) in [6, 6.07) is 4.39. The minimum Gasteiger partial charge on any atom is -0.479 e. The van der Waals surface area contributed by atoms with Crippen molar-refractivity contribution in [3.8, 4) is 5.75 Å². The molecule has 0 heterocycles. The van der Waals surface area contributed by atoms with Crippen molar-refractivity contribution >= 4 is 31.9 Å². The summed E-state index contributed by atoms with van der Waals surface area (Å²) >= 11 is 3.17. The van der Waals surface area contributed by atoms with E-state index in [0.29, 0.717) is 4.47 Å². The molecule has 1 unspecified atom stereocenters. The van der Waals surface area contributed by atoms with E-state index in [1.807, 2.05) is 20.8 Å². The molecule has 1 aromatic carbocycles. The Kier molecular flexibility index (Phi) is 5.40. The van der Waals surface area contributed by atoms with Crippen LogP contribution in [0.4, 0.5) is 0 Å². The average molecular weight is 379 g/mol. The van der Waals surface area contributed by atoms with Gasteiger partial charge in [-0.05, 0) is 45.9 Å². The number of hydrogen-bond acceptors (Lipinski definition) is 4. The smallest absolute Gasteiger partial charge is 0.261 e. The fourth-order valence-electron chi connectivity index (χ4n) is 1.52. The number of carbonyl (C=O) groups is 1. The molecule has 0 fully saturated rings. The van der Waals surface area contributed by atoms with Crippen LogP contribution >= 0.6 is 15.9 Å². The molecule has 0 aromatic heterocycles. The van der Waals surface area contributed by atoms with E-state index in [-0.39, 0.29) is 16.6 Å². The molecule has 8 heteroatoms. The zero-order valence-corrected chi connectivity index (χ0v) is 14.7. The lowest BCUT2D eigenvalue weighted by Gasteiger charge is -2.24. The quantitative estimate of drug-likeness (QED) is 0.833. The lowest BCUT2D eigenvalue weighted by Crippen LogP contribution is -2.46. The number of primary sulfonamides is 1. The van der Waals surface area contributed by atoms with E-state index in [2.05, 4.69) is 21.2 Å². The van der Waals surface area contributed by atoms with Gasteiger partial charge < -0.3 is 10.1 Å². The van der Waals surface area contributed by atoms with Gasteiger partial charge in [0.05, 0.1) is 0 Å². The molecular formula is C13H19BrN2O4S. The van der Waals surface area contributed by atoms with Crippen LogP contribution in [0.5, 0.6) is 5.75 Å². The van der Waals surface area contributed by atoms with Gasteiger partial charge in [-0.1, -0.05) is 15.9 Å². The Bertz CT molecular complexity index is 638. The Labute approximate surface area is 133 Å². The lowest BCUT2D eigenvalue weighted by molar-refractivity contribution is -0.128. The van der Waals surface area contributed by atoms with E-state index >= 15 is 0 Å². The number of hydrogen-bond donors (Lipinski definition) is 2. The first-order valence-electron chi connectivity index (χ1n) is 6.21. The Morgan fingerprint density at radius 2 is 1.95 bits per heavy atom. The van der Waals surface area contributed by atoms with E-state index < -0.39 is 21.7 Å². The Hall–Kier alpha value is -1.12. The minimum atomic E-state index is -3.95. The van der Waals surface area contributed by atoms with Crippen LogP contribution in [-0.2, 0) is 14.8 Å². The van der Waals surface area contributed by atoms with Gasteiger partial charge in [0.25, 0.3) is 5.91 Å². The molecule has 1 amide bonds. The molecule has 0 spiro atoms. The van der Waals surface area contributed by atoms with Crippen molar-refractivity contribution in [3.05, 3.63) is 22.7 Å². The molecule has 0 aliphatic rings. The highest BCUT2D eigenvalue weighted by molar-refractivity contribution is 9.10. The second-order valence-corrected chi connectivity index (χ2v) is 8.08. The largest absolute Gasteiger partial charge is 0.479 e. The van der Waals surface area contributed by atoms with Crippen LogP contribution < -0.4 is 15.2 Å². The molecule has 0 aliphatic heterocycles. The highest BCUT2D eigenvalue weighted by Gasteiger charge is 2.23. The van der Waals surface area contributed by atoms with Crippen molar-refractivity contribution in [2.75, 3.05) is 0 Å². The van der Waals surface area contributed by atoms with Crippen LogP contribution in [0.2, 0.25) is 0 Å². The number of ether oxygens (including phenoxy) is 1. The van der Waals surface area contributed by atoms with Crippen LogP contribution in [-0.4, -0.2) is 26.0 Å². The SMILES string of the molecule is CC(Oc1ccc(Br)cc1S(N)(=O)=O)C(=O)NC(C)(C)C. The van der Waals surface area contributed by atoms with E-state index in [1.54, 1.807) is 6.07 Å². The van der Waals surface area contributed by atoms with Gasteiger partial charge in [0.15, 0.2) is 6.10 Å². The molecule has 0 aliphatic carbocycles. The molecule has 0 bridgehead atoms. The molecule has 118 valence electrons. The van der Waals surface area contributed by atoms with Gasteiger partial charge in [-0.25, -0.2) is 13.6 Å². The fraction of sp³-hybridized carbons (Fsp3) is 0.462. The van der Waals surface area contributed by atoms with Crippen molar-refractivity contribution in [3.63, 3.8) is 0 Å². The predicted octanol–water partition coefficient (Wildman–Crippen LogP) is 1.78. The number of rotatable bonds is 4. The first-order valence-corrected chi connectivity index (χ1v) is 8.55. The second kappa shape index (κ2) is 6.33. The van der Waals surface area contributed by atoms with Gasteiger partial charge in [0, 0.05) is 10.0 Å². The van der Waals surface area contributed by atoms with E-state index in [0.717, 1.165) is 0 Å². The molecular weight excluding hydrogens is 360 g/mol. The van der Waals surface area contributed by atoms with Gasteiger partial charge in [-0.15, -0.1) is 0 Å². The van der Waals surface area contributed by atoms with Crippen molar-refractivity contribution in [2.24, 2.45) is 5.14 Å². The molecule has 6 nitrogen and oxygen atoms in total. The summed E-state index contributed by atoms with van der Waals surface area (Å²) in [5, 5.41) is 7.91. The first-order chi connectivity index (χ1) is 9.40. The Morgan fingerprint density at radius 1 is 1.38 bits per heavy atom. The van der Waals surface area contributed by atoms with Gasteiger partial charge in [-0.2, -0.15) is 0 Å². The van der Waals surface area contributed by atoms with Crippen LogP contribution in [0.25, 0.3) is 0 Å². The number of carbonyl (C=O) groups excluding carboxylic acids is 1. The molecule has 3 N–H and O–H groups in total. The summed E-state index contributed by atoms with van der Waals surface area (Å²) in [6.07, 6.45) is -0.856. The third-order valence-corrected chi connectivity index (χ3v) is 3.81. The maximum absolute atomic E-state index is 12.0. The van der Waals surface area contributed by atoms with Crippen LogP contribution in [0.3, 0.4) is 0 Å². The van der Waals surface area contributed by atoms with Gasteiger partial charge >= 0.3 is 0 Å². The molecule has 0 saturated heterocycles. The summed E-state index contributed by atoms with van der Waals surface area (Å²) in [5.41, 5.74) is -0.406. The number of halogens is 1. The summed E-state index contributed by atoms with van der Waals surface area (Å²) in [7, 11) is -3.95. The monoisotopic (exact) mass is 378 g/mol. The number of nitrogens with one attached hydrogen (secondary N) is 1. The number of amides is 1. The first kappa shape index (κ1) is 17.9. The van der Waals surface area contributed by atoms with E-state index in [4.69, 9.17) is 9.88 Å². The molecule has 1 atom stereocenters. The molecule has 21 heavy (non-hydrogen) atoms. The Balaban J connectivity index is 3.01. The van der Waals surface area contributed by atoms with E-state index in [1.165, 1.54) is 19.1 Å². The van der Waals surface area contributed by atoms with Crippen LogP contribution in [0, 0.1) is 0 Å². The van der Waals surface area contributed by atoms with Crippen molar-refractivity contribution in [1.82, 2.24) is 5.32 Å². The molecule has 1 rings (SSSR count). The lowest BCUT2D eigenvalue weighted by atomic mass is 10.1. The van der Waals surface area contributed by atoms with Gasteiger partial charge in [0.1, 0.15) is 10.6 Å². The summed E-state index contributed by atoms with van der Waals surface area (Å²) in [5.74, 6) is -0.303. The second-order valence-electron chi connectivity index (χ2n) is 5.64. The van der Waals surface area contributed by atoms with Gasteiger partial charge in [-0.3, -0.25) is 4.79 Å². The average Bonchev–Trinajstić information content (AvgIpc) is 2.27. The summed E-state index contributed by atoms with van der Waals surface area (Å²) < 4.78 is 29.1. The van der Waals surface area contributed by atoms with E-state index in [9.17, 15) is 13.2 Å². The predicted molar refractivity (Wildman–Crippen MR) is 83.5 cm³/mol. The Morgan fingerprint density at radius 3 is 2.43 bits per heavy atom. The number of sulfonamides is 1. The fourth-order valence-corrected chi connectivity index (χ4v) is 2.72. The summed E-state index contributed by atoms with van der Waals surface area (Å²) in [4.78, 5) is 11.8. The van der Waals surface area contributed by atoms with Crippen molar-refractivity contribution in [1.29, 1.82) is 0 Å². The minimum absolute atomic E-state index is 0.0391. The van der Waals surface area contributed by atoms with Crippen LogP contribution in [0.1, 0.15) is 27.7 Å². The normalized spacial score (nSPS) is 13.6. The standard InChI is InChI=1S/C13H19BrN2O4S/c1-8(12(17)16-13(2,3)4)20-10-6-5-9(14)7-11(10)21(15,18)19/h5-8H,1-4H3,(H,16,17)(H2,15,18,19). The van der Waals surface area contributed by atoms with Crippen LogP contribution in [0.15, 0.2) is 27.6 Å². The maximum atomic E-state index is 12.0. The zero-order chi connectivity index (χ0) is 16.4. The number of benzene rings is 1. The molecule has 0 radical (unpaired) electrons. The topological polar surface area (TPSA) is 98.5 Å². The summed E-state index contributed by atoms with van der Waals surface area (Å²) in [6.45, 7) is 7.06. The third kappa shape index (κ3) is 5.64.